The summed E-state index contributed by atoms with van der Waals surface area (Å²) in [6.07, 6.45) is 0.585. The topological polar surface area (TPSA) is 100 Å². The standard InChI is InChI=1S/C20H18ClN3O4S/c1-10(25)28-9-17(26)24-18-13-5-3-2-4-11(13)6-14(18)22-19(27)15-7-12-8-16(21)29-20(12)23-15/h2-5,7-8,14,18,23H,6,9H2,1H3,(H,22,27)(H,24,26)/t14-,18-/m1/s1. The number of aromatic nitrogens is 1. The van der Waals surface area contributed by atoms with Crippen molar-refractivity contribution in [1.82, 2.24) is 15.6 Å². The van der Waals surface area contributed by atoms with Crippen molar-refractivity contribution in [3.63, 3.8) is 0 Å². The number of carbonyl (C=O) groups excluding carboxylic acids is 3. The van der Waals surface area contributed by atoms with Gasteiger partial charge >= 0.3 is 5.97 Å². The Morgan fingerprint density at radius 3 is 2.79 bits per heavy atom. The van der Waals surface area contributed by atoms with Crippen molar-refractivity contribution >= 4 is 50.9 Å². The molecule has 3 aromatic rings. The normalized spacial score (nSPS) is 17.7. The van der Waals surface area contributed by atoms with E-state index < -0.39 is 17.9 Å². The minimum atomic E-state index is -0.524. The van der Waals surface area contributed by atoms with Crippen LogP contribution in [-0.4, -0.2) is 35.4 Å². The summed E-state index contributed by atoms with van der Waals surface area (Å²) in [6, 6.07) is 10.5. The Hall–Kier alpha value is -2.84. The van der Waals surface area contributed by atoms with Crippen molar-refractivity contribution in [2.45, 2.75) is 25.4 Å². The molecule has 0 spiro atoms. The number of benzene rings is 1. The molecule has 0 fully saturated rings. The van der Waals surface area contributed by atoms with E-state index >= 15 is 0 Å². The van der Waals surface area contributed by atoms with Crippen molar-refractivity contribution in [3.05, 3.63) is 57.6 Å². The van der Waals surface area contributed by atoms with E-state index in [9.17, 15) is 14.4 Å². The second-order valence-electron chi connectivity index (χ2n) is 6.83. The van der Waals surface area contributed by atoms with Gasteiger partial charge in [-0.2, -0.15) is 0 Å². The van der Waals surface area contributed by atoms with Crippen molar-refractivity contribution in [3.8, 4) is 0 Å². The van der Waals surface area contributed by atoms with Crippen molar-refractivity contribution < 1.29 is 19.1 Å². The van der Waals surface area contributed by atoms with Gasteiger partial charge in [-0.1, -0.05) is 35.9 Å². The summed E-state index contributed by atoms with van der Waals surface area (Å²) >= 11 is 7.36. The first-order valence-corrected chi connectivity index (χ1v) is 10.2. The first-order valence-electron chi connectivity index (χ1n) is 9.00. The van der Waals surface area contributed by atoms with Gasteiger partial charge in [-0.05, 0) is 29.7 Å². The van der Waals surface area contributed by atoms with Gasteiger partial charge in [0.2, 0.25) is 0 Å². The van der Waals surface area contributed by atoms with E-state index in [-0.39, 0.29) is 18.6 Å². The lowest BCUT2D eigenvalue weighted by Crippen LogP contribution is -2.45. The molecule has 2 amide bonds. The minimum Gasteiger partial charge on any atom is -0.456 e. The lowest BCUT2D eigenvalue weighted by Gasteiger charge is -2.23. The van der Waals surface area contributed by atoms with Crippen molar-refractivity contribution in [1.29, 1.82) is 0 Å². The van der Waals surface area contributed by atoms with Crippen molar-refractivity contribution in [2.75, 3.05) is 6.61 Å². The predicted octanol–water partition coefficient (Wildman–Crippen LogP) is 2.96. The van der Waals surface area contributed by atoms with Crippen LogP contribution in [0.5, 0.6) is 0 Å². The Balaban J connectivity index is 1.51. The van der Waals surface area contributed by atoms with E-state index in [0.717, 1.165) is 21.3 Å². The van der Waals surface area contributed by atoms with Gasteiger partial charge < -0.3 is 20.4 Å². The first-order chi connectivity index (χ1) is 13.9. The van der Waals surface area contributed by atoms with E-state index in [1.807, 2.05) is 24.3 Å². The van der Waals surface area contributed by atoms with Gasteiger partial charge in [-0.25, -0.2) is 0 Å². The van der Waals surface area contributed by atoms with Crippen LogP contribution in [0.25, 0.3) is 10.2 Å². The third kappa shape index (κ3) is 4.13. The Morgan fingerprint density at radius 1 is 1.24 bits per heavy atom. The molecule has 1 aliphatic carbocycles. The van der Waals surface area contributed by atoms with E-state index in [2.05, 4.69) is 15.6 Å². The Labute approximate surface area is 175 Å². The molecular formula is C20H18ClN3O4S. The maximum Gasteiger partial charge on any atom is 0.303 e. The fourth-order valence-corrected chi connectivity index (χ4v) is 4.68. The smallest absolute Gasteiger partial charge is 0.303 e. The first kappa shape index (κ1) is 19.5. The molecule has 9 heteroatoms. The lowest BCUT2D eigenvalue weighted by molar-refractivity contribution is -0.146. The average Bonchev–Trinajstić information content (AvgIpc) is 3.31. The molecule has 0 saturated heterocycles. The molecular weight excluding hydrogens is 414 g/mol. The number of halogens is 1. The number of ether oxygens (including phenoxy) is 1. The largest absolute Gasteiger partial charge is 0.456 e. The number of nitrogens with one attached hydrogen (secondary N) is 3. The zero-order valence-electron chi connectivity index (χ0n) is 15.5. The highest BCUT2D eigenvalue weighted by Crippen LogP contribution is 2.32. The summed E-state index contributed by atoms with van der Waals surface area (Å²) in [5.41, 5.74) is 2.42. The molecule has 0 saturated carbocycles. The summed E-state index contributed by atoms with van der Waals surface area (Å²) in [5.74, 6) is -1.21. The van der Waals surface area contributed by atoms with Crippen LogP contribution in [0, 0.1) is 0 Å². The van der Waals surface area contributed by atoms with Crippen LogP contribution in [0.15, 0.2) is 36.4 Å². The van der Waals surface area contributed by atoms with E-state index in [4.69, 9.17) is 16.3 Å². The number of carbonyl (C=O) groups is 3. The Bertz CT molecular complexity index is 1070. The molecule has 0 bridgehead atoms. The van der Waals surface area contributed by atoms with Crippen molar-refractivity contribution in [2.24, 2.45) is 0 Å². The molecule has 0 aliphatic heterocycles. The molecule has 2 aromatic heterocycles. The summed E-state index contributed by atoms with van der Waals surface area (Å²) < 4.78 is 5.42. The van der Waals surface area contributed by atoms with Gasteiger partial charge in [0.05, 0.1) is 16.4 Å². The average molecular weight is 432 g/mol. The molecule has 0 radical (unpaired) electrons. The number of hydrogen-bond acceptors (Lipinski definition) is 5. The van der Waals surface area contributed by atoms with Crippen LogP contribution >= 0.6 is 22.9 Å². The molecule has 2 atom stereocenters. The number of amides is 2. The molecule has 1 aromatic carbocycles. The van der Waals surface area contributed by atoms with Crippen LogP contribution in [-0.2, 0) is 20.7 Å². The van der Waals surface area contributed by atoms with Gasteiger partial charge in [-0.3, -0.25) is 14.4 Å². The highest BCUT2D eigenvalue weighted by atomic mass is 35.5. The number of rotatable bonds is 5. The van der Waals surface area contributed by atoms with Gasteiger partial charge in [-0.15, -0.1) is 11.3 Å². The Kier molecular flexibility index (Phi) is 5.29. The number of aromatic amines is 1. The summed E-state index contributed by atoms with van der Waals surface area (Å²) in [7, 11) is 0. The number of hydrogen-bond donors (Lipinski definition) is 3. The SMILES string of the molecule is CC(=O)OCC(=O)N[C@@H]1c2ccccc2C[C@H]1NC(=O)c1cc2cc(Cl)sc2[nH]1. The molecule has 0 unspecified atom stereocenters. The molecule has 1 aliphatic rings. The maximum atomic E-state index is 12.8. The van der Waals surface area contributed by atoms with Gasteiger partial charge in [0.1, 0.15) is 10.5 Å². The fraction of sp³-hybridized carbons (Fsp3) is 0.250. The molecule has 3 N–H and O–H groups in total. The van der Waals surface area contributed by atoms with Gasteiger partial charge in [0.15, 0.2) is 6.61 Å². The minimum absolute atomic E-state index is 0.262. The van der Waals surface area contributed by atoms with Gasteiger partial charge in [0, 0.05) is 12.3 Å². The van der Waals surface area contributed by atoms with Crippen LogP contribution in [0.2, 0.25) is 4.34 Å². The highest BCUT2D eigenvalue weighted by Gasteiger charge is 2.35. The Morgan fingerprint density at radius 2 is 2.03 bits per heavy atom. The quantitative estimate of drug-likeness (QED) is 0.540. The molecule has 4 rings (SSSR count). The maximum absolute atomic E-state index is 12.8. The van der Waals surface area contributed by atoms with Crippen LogP contribution in [0.1, 0.15) is 34.6 Å². The van der Waals surface area contributed by atoms with E-state index in [0.29, 0.717) is 16.5 Å². The lowest BCUT2D eigenvalue weighted by atomic mass is 10.1. The summed E-state index contributed by atoms with van der Waals surface area (Å²) in [5, 5.41) is 6.76. The third-order valence-corrected chi connectivity index (χ3v) is 5.99. The molecule has 29 heavy (non-hydrogen) atoms. The van der Waals surface area contributed by atoms with E-state index in [1.54, 1.807) is 12.1 Å². The number of fused-ring (bicyclic) bond motifs is 2. The second-order valence-corrected chi connectivity index (χ2v) is 8.51. The number of thiophene rings is 1. The molecule has 2 heterocycles. The predicted molar refractivity (Wildman–Crippen MR) is 110 cm³/mol. The zero-order chi connectivity index (χ0) is 20.5. The van der Waals surface area contributed by atoms with E-state index in [1.165, 1.54) is 18.3 Å². The number of esters is 1. The summed E-state index contributed by atoms with van der Waals surface area (Å²) in [4.78, 5) is 39.9. The zero-order valence-corrected chi connectivity index (χ0v) is 17.0. The summed E-state index contributed by atoms with van der Waals surface area (Å²) in [6.45, 7) is 0.887. The van der Waals surface area contributed by atoms with Crippen LogP contribution in [0.4, 0.5) is 0 Å². The van der Waals surface area contributed by atoms with Gasteiger partial charge in [0.25, 0.3) is 11.8 Å². The van der Waals surface area contributed by atoms with Crippen LogP contribution < -0.4 is 10.6 Å². The van der Waals surface area contributed by atoms with Crippen LogP contribution in [0.3, 0.4) is 0 Å². The molecule has 7 nitrogen and oxygen atoms in total. The number of H-pyrrole nitrogens is 1. The fourth-order valence-electron chi connectivity index (χ4n) is 3.55. The molecule has 150 valence electrons. The second kappa shape index (κ2) is 7.88. The monoisotopic (exact) mass is 431 g/mol. The highest BCUT2D eigenvalue weighted by molar-refractivity contribution is 7.22. The third-order valence-electron chi connectivity index (χ3n) is 4.80.